The van der Waals surface area contributed by atoms with Crippen LogP contribution in [0.1, 0.15) is 23.6 Å². The Bertz CT molecular complexity index is 1230. The fourth-order valence-electron chi connectivity index (χ4n) is 4.05. The van der Waals surface area contributed by atoms with E-state index in [1.54, 1.807) is 0 Å². The number of hydrogen-bond acceptors (Lipinski definition) is 0. The molecule has 0 fully saturated rings. The van der Waals surface area contributed by atoms with Crippen LogP contribution in [0.2, 0.25) is 0 Å². The number of benzene rings is 3. The molecule has 0 aliphatic heterocycles. The van der Waals surface area contributed by atoms with Crippen molar-refractivity contribution in [3.63, 3.8) is 0 Å². The number of aromatic amines is 1. The average molecular weight is 377 g/mol. The number of fused-ring (bicyclic) bond motifs is 1. The SMILES string of the molecule is C=C(/C=C\C)c1ccc2c(-c3cc(C)cc(-c4ccccc4)c3)[nH+]ccc2c1C. The summed E-state index contributed by atoms with van der Waals surface area (Å²) in [6.45, 7) is 10.6. The molecule has 4 rings (SSSR count). The highest BCUT2D eigenvalue weighted by atomic mass is 14.7. The minimum Gasteiger partial charge on any atom is -0.211 e. The molecule has 0 aliphatic carbocycles. The fraction of sp³-hybridized carbons (Fsp3) is 0.107. The molecule has 0 saturated carbocycles. The van der Waals surface area contributed by atoms with Crippen molar-refractivity contribution >= 4 is 16.3 Å². The summed E-state index contributed by atoms with van der Waals surface area (Å²) in [4.78, 5) is 3.50. The molecule has 29 heavy (non-hydrogen) atoms. The highest BCUT2D eigenvalue weighted by Crippen LogP contribution is 2.33. The van der Waals surface area contributed by atoms with Crippen LogP contribution in [0, 0.1) is 13.8 Å². The molecule has 0 atom stereocenters. The minimum absolute atomic E-state index is 1.04. The molecule has 142 valence electrons. The van der Waals surface area contributed by atoms with Crippen LogP contribution in [-0.2, 0) is 0 Å². The molecule has 0 spiro atoms. The van der Waals surface area contributed by atoms with Crippen LogP contribution in [0.15, 0.2) is 91.7 Å². The first-order valence-corrected chi connectivity index (χ1v) is 10.0. The van der Waals surface area contributed by atoms with Gasteiger partial charge in [0.15, 0.2) is 6.20 Å². The van der Waals surface area contributed by atoms with Crippen molar-refractivity contribution in [3.05, 3.63) is 108 Å². The Morgan fingerprint density at radius 2 is 1.59 bits per heavy atom. The number of rotatable bonds is 4. The van der Waals surface area contributed by atoms with E-state index in [4.69, 9.17) is 0 Å². The largest absolute Gasteiger partial charge is 0.218 e. The topological polar surface area (TPSA) is 14.1 Å². The summed E-state index contributed by atoms with van der Waals surface area (Å²) in [5.41, 5.74) is 9.58. The van der Waals surface area contributed by atoms with Gasteiger partial charge in [0, 0.05) is 11.6 Å². The fourth-order valence-corrected chi connectivity index (χ4v) is 4.05. The summed E-state index contributed by atoms with van der Waals surface area (Å²) in [5.74, 6) is 0. The van der Waals surface area contributed by atoms with Crippen LogP contribution in [0.25, 0.3) is 38.7 Å². The Labute approximate surface area is 173 Å². The van der Waals surface area contributed by atoms with Crippen molar-refractivity contribution in [3.8, 4) is 22.4 Å². The van der Waals surface area contributed by atoms with Gasteiger partial charge < -0.3 is 0 Å². The number of pyridine rings is 1. The van der Waals surface area contributed by atoms with Crippen LogP contribution in [0.5, 0.6) is 0 Å². The first-order chi connectivity index (χ1) is 14.1. The van der Waals surface area contributed by atoms with Gasteiger partial charge in [-0.25, -0.2) is 4.98 Å². The van der Waals surface area contributed by atoms with Gasteiger partial charge in [-0.2, -0.15) is 0 Å². The Kier molecular flexibility index (Phi) is 5.14. The number of allylic oxidation sites excluding steroid dienone is 3. The van der Waals surface area contributed by atoms with E-state index in [2.05, 4.69) is 98.2 Å². The van der Waals surface area contributed by atoms with Crippen molar-refractivity contribution in [1.29, 1.82) is 0 Å². The molecular weight excluding hydrogens is 350 g/mol. The van der Waals surface area contributed by atoms with Crippen LogP contribution in [0.4, 0.5) is 0 Å². The van der Waals surface area contributed by atoms with Crippen molar-refractivity contribution in [1.82, 2.24) is 0 Å². The van der Waals surface area contributed by atoms with Gasteiger partial charge in [-0.05, 0) is 77.7 Å². The second-order valence-corrected chi connectivity index (χ2v) is 7.53. The van der Waals surface area contributed by atoms with Crippen molar-refractivity contribution in [2.45, 2.75) is 20.8 Å². The van der Waals surface area contributed by atoms with Gasteiger partial charge in [0.05, 0.1) is 5.39 Å². The monoisotopic (exact) mass is 376 g/mol. The lowest BCUT2D eigenvalue weighted by Crippen LogP contribution is -2.07. The zero-order valence-electron chi connectivity index (χ0n) is 17.3. The molecule has 0 radical (unpaired) electrons. The van der Waals surface area contributed by atoms with E-state index in [0.717, 1.165) is 11.3 Å². The predicted octanol–water partition coefficient (Wildman–Crippen LogP) is 7.19. The van der Waals surface area contributed by atoms with Gasteiger partial charge in [-0.15, -0.1) is 0 Å². The lowest BCUT2D eigenvalue weighted by molar-refractivity contribution is -0.362. The third kappa shape index (κ3) is 3.64. The van der Waals surface area contributed by atoms with Gasteiger partial charge in [-0.1, -0.05) is 61.2 Å². The Balaban J connectivity index is 1.90. The number of nitrogens with one attached hydrogen (secondary N) is 1. The molecule has 1 heteroatoms. The molecular formula is C28H26N+. The number of aryl methyl sites for hydroxylation is 2. The van der Waals surface area contributed by atoms with Gasteiger partial charge >= 0.3 is 0 Å². The molecule has 0 amide bonds. The smallest absolute Gasteiger partial charge is 0.211 e. The third-order valence-electron chi connectivity index (χ3n) is 5.45. The maximum Gasteiger partial charge on any atom is 0.218 e. The van der Waals surface area contributed by atoms with E-state index in [9.17, 15) is 0 Å². The zero-order chi connectivity index (χ0) is 20.4. The van der Waals surface area contributed by atoms with Gasteiger partial charge in [0.2, 0.25) is 5.69 Å². The molecule has 1 aromatic heterocycles. The molecule has 0 bridgehead atoms. The first-order valence-electron chi connectivity index (χ1n) is 10.0. The Morgan fingerprint density at radius 1 is 0.828 bits per heavy atom. The van der Waals surface area contributed by atoms with Crippen LogP contribution < -0.4 is 4.98 Å². The lowest BCUT2D eigenvalue weighted by atomic mass is 9.92. The lowest BCUT2D eigenvalue weighted by Gasteiger charge is -2.11. The number of hydrogen-bond donors (Lipinski definition) is 0. The molecule has 3 aromatic carbocycles. The maximum atomic E-state index is 4.23. The second-order valence-electron chi connectivity index (χ2n) is 7.53. The van der Waals surface area contributed by atoms with E-state index in [1.807, 2.05) is 19.2 Å². The van der Waals surface area contributed by atoms with E-state index in [-0.39, 0.29) is 0 Å². The Hall–Kier alpha value is -3.45. The summed E-state index contributed by atoms with van der Waals surface area (Å²) in [6, 6.07) is 23.9. The van der Waals surface area contributed by atoms with Crippen LogP contribution >= 0.6 is 0 Å². The quantitative estimate of drug-likeness (QED) is 0.335. The summed E-state index contributed by atoms with van der Waals surface area (Å²) in [6.07, 6.45) is 6.14. The first kappa shape index (κ1) is 18.9. The van der Waals surface area contributed by atoms with Crippen LogP contribution in [-0.4, -0.2) is 0 Å². The Morgan fingerprint density at radius 3 is 2.34 bits per heavy atom. The number of aromatic nitrogens is 1. The van der Waals surface area contributed by atoms with Gasteiger partial charge in [0.1, 0.15) is 0 Å². The highest BCUT2D eigenvalue weighted by molar-refractivity contribution is 5.98. The second kappa shape index (κ2) is 7.89. The van der Waals surface area contributed by atoms with Crippen LogP contribution in [0.3, 0.4) is 0 Å². The molecule has 1 nitrogen and oxygen atoms in total. The van der Waals surface area contributed by atoms with E-state index in [1.165, 1.54) is 44.2 Å². The van der Waals surface area contributed by atoms with Crippen molar-refractivity contribution in [2.24, 2.45) is 0 Å². The summed E-state index contributed by atoms with van der Waals surface area (Å²) >= 11 is 0. The zero-order valence-corrected chi connectivity index (χ0v) is 17.3. The molecule has 0 unspecified atom stereocenters. The predicted molar refractivity (Wildman–Crippen MR) is 125 cm³/mol. The van der Waals surface area contributed by atoms with E-state index >= 15 is 0 Å². The van der Waals surface area contributed by atoms with Gasteiger partial charge in [-0.3, -0.25) is 0 Å². The third-order valence-corrected chi connectivity index (χ3v) is 5.45. The maximum absolute atomic E-state index is 4.23. The summed E-state index contributed by atoms with van der Waals surface area (Å²) in [7, 11) is 0. The molecule has 0 aliphatic rings. The minimum atomic E-state index is 1.04. The molecule has 1 N–H and O–H groups in total. The normalized spacial score (nSPS) is 11.3. The molecule has 1 heterocycles. The van der Waals surface area contributed by atoms with Crippen molar-refractivity contribution in [2.75, 3.05) is 0 Å². The highest BCUT2D eigenvalue weighted by Gasteiger charge is 2.16. The summed E-state index contributed by atoms with van der Waals surface area (Å²) in [5, 5.41) is 2.48. The van der Waals surface area contributed by atoms with E-state index in [0.29, 0.717) is 0 Å². The molecule has 0 saturated heterocycles. The van der Waals surface area contributed by atoms with Crippen molar-refractivity contribution < 1.29 is 4.98 Å². The number of H-pyrrole nitrogens is 1. The summed E-state index contributed by atoms with van der Waals surface area (Å²) < 4.78 is 0. The standard InChI is InChI=1S/C28H25N/c1-5-9-20(3)25-12-13-27-26(21(25)4)14-15-29-28(27)24-17-19(2)16-23(18-24)22-10-7-6-8-11-22/h5-18H,3H2,1-2,4H3/p+1/b9-5-. The van der Waals surface area contributed by atoms with E-state index < -0.39 is 0 Å². The van der Waals surface area contributed by atoms with Gasteiger partial charge in [0.25, 0.3) is 0 Å². The average Bonchev–Trinajstić information content (AvgIpc) is 2.74. The molecule has 4 aromatic rings.